The molecule has 1 N–H and O–H groups in total. The average Bonchev–Trinajstić information content (AvgIpc) is 2.36. The van der Waals surface area contributed by atoms with E-state index in [1.165, 1.54) is 5.57 Å². The molecule has 2 nitrogen and oxygen atoms in total. The molecule has 0 heterocycles. The van der Waals surface area contributed by atoms with Crippen LogP contribution in [-0.4, -0.2) is 0 Å². The molecule has 0 saturated heterocycles. The Morgan fingerprint density at radius 2 is 2.18 bits per heavy atom. The molecule has 0 radical (unpaired) electrons. The zero-order valence-corrected chi connectivity index (χ0v) is 11.0. The van der Waals surface area contributed by atoms with E-state index in [-0.39, 0.29) is 0 Å². The van der Waals surface area contributed by atoms with E-state index < -0.39 is 0 Å². The summed E-state index contributed by atoms with van der Waals surface area (Å²) < 4.78 is 8.33. The van der Waals surface area contributed by atoms with Crippen LogP contribution in [-0.2, 0) is 0 Å². The number of rotatable bonds is 5. The van der Waals surface area contributed by atoms with Crippen molar-refractivity contribution in [1.29, 1.82) is 0 Å². The van der Waals surface area contributed by atoms with Crippen LogP contribution >= 0.6 is 12.8 Å². The zero-order valence-electron chi connectivity index (χ0n) is 10.1. The second kappa shape index (κ2) is 6.86. The van der Waals surface area contributed by atoms with Crippen LogP contribution in [0, 0.1) is 0 Å². The first-order valence-corrected chi connectivity index (χ1v) is 5.78. The standard InChI is InChI=1S/C14H17NOS/c1-4-11(2)8-9-12(3)16-14-7-5-6-13(10-14)15-17/h4-10,15,17H,3H2,1-2H3/b9-8-,11-4-. The van der Waals surface area contributed by atoms with Crippen molar-refractivity contribution in [3.8, 4) is 5.75 Å². The fraction of sp³-hybridized carbons (Fsp3) is 0.143. The number of benzene rings is 1. The third-order valence-corrected chi connectivity index (χ3v) is 2.46. The van der Waals surface area contributed by atoms with Gasteiger partial charge in [0.1, 0.15) is 11.5 Å². The first kappa shape index (κ1) is 13.5. The Bertz CT molecular complexity index is 449. The van der Waals surface area contributed by atoms with Crippen molar-refractivity contribution in [2.75, 3.05) is 4.72 Å². The van der Waals surface area contributed by atoms with E-state index in [0.29, 0.717) is 5.76 Å². The minimum Gasteiger partial charge on any atom is -0.458 e. The van der Waals surface area contributed by atoms with Crippen LogP contribution in [0.25, 0.3) is 0 Å². The maximum atomic E-state index is 5.57. The van der Waals surface area contributed by atoms with Crippen molar-refractivity contribution in [2.24, 2.45) is 0 Å². The minimum atomic E-state index is 0.600. The molecule has 0 amide bonds. The summed E-state index contributed by atoms with van der Waals surface area (Å²) in [5.41, 5.74) is 2.05. The van der Waals surface area contributed by atoms with E-state index in [4.69, 9.17) is 4.74 Å². The predicted molar refractivity (Wildman–Crippen MR) is 77.4 cm³/mol. The van der Waals surface area contributed by atoms with E-state index in [2.05, 4.69) is 24.1 Å². The quantitative estimate of drug-likeness (QED) is 0.458. The molecule has 1 aromatic carbocycles. The Morgan fingerprint density at radius 3 is 2.82 bits per heavy atom. The molecule has 0 aliphatic rings. The first-order chi connectivity index (χ1) is 8.15. The fourth-order valence-electron chi connectivity index (χ4n) is 1.14. The highest BCUT2D eigenvalue weighted by molar-refractivity contribution is 7.81. The molecular weight excluding hydrogens is 230 g/mol. The molecule has 3 heteroatoms. The molecule has 0 unspecified atom stereocenters. The van der Waals surface area contributed by atoms with E-state index in [1.807, 2.05) is 56.3 Å². The number of hydrogen-bond acceptors (Lipinski definition) is 3. The van der Waals surface area contributed by atoms with Crippen LogP contribution in [0.2, 0.25) is 0 Å². The van der Waals surface area contributed by atoms with Crippen molar-refractivity contribution in [2.45, 2.75) is 13.8 Å². The summed E-state index contributed by atoms with van der Waals surface area (Å²) in [6, 6.07) is 7.52. The lowest BCUT2D eigenvalue weighted by molar-refractivity contribution is 0.447. The van der Waals surface area contributed by atoms with Gasteiger partial charge in [-0.1, -0.05) is 43.2 Å². The number of ether oxygens (including phenoxy) is 1. The summed E-state index contributed by atoms with van der Waals surface area (Å²) >= 11 is 3.98. The Morgan fingerprint density at radius 1 is 1.41 bits per heavy atom. The first-order valence-electron chi connectivity index (χ1n) is 5.33. The smallest absolute Gasteiger partial charge is 0.129 e. The highest BCUT2D eigenvalue weighted by Gasteiger charge is 1.96. The fourth-order valence-corrected chi connectivity index (χ4v) is 1.27. The molecule has 1 aromatic rings. The Labute approximate surface area is 108 Å². The van der Waals surface area contributed by atoms with E-state index in [1.54, 1.807) is 0 Å². The summed E-state index contributed by atoms with van der Waals surface area (Å²) in [5, 5.41) is 0. The Hall–Kier alpha value is -1.61. The molecular formula is C14H17NOS. The lowest BCUT2D eigenvalue weighted by Gasteiger charge is -2.06. The lowest BCUT2D eigenvalue weighted by atomic mass is 10.2. The topological polar surface area (TPSA) is 21.3 Å². The van der Waals surface area contributed by atoms with Gasteiger partial charge in [0.05, 0.1) is 0 Å². The normalized spacial score (nSPS) is 11.6. The minimum absolute atomic E-state index is 0.600. The summed E-state index contributed by atoms with van der Waals surface area (Å²) in [7, 11) is 0. The van der Waals surface area contributed by atoms with Crippen LogP contribution in [0.4, 0.5) is 5.69 Å². The molecule has 17 heavy (non-hydrogen) atoms. The second-order valence-electron chi connectivity index (χ2n) is 3.57. The van der Waals surface area contributed by atoms with E-state index in [0.717, 1.165) is 11.4 Å². The van der Waals surface area contributed by atoms with Gasteiger partial charge in [-0.3, -0.25) is 0 Å². The van der Waals surface area contributed by atoms with Crippen LogP contribution in [0.15, 0.2) is 60.4 Å². The molecule has 0 aliphatic carbocycles. The monoisotopic (exact) mass is 247 g/mol. The SMILES string of the molecule is C=C(/C=C\C(C)=C/C)Oc1cccc(NS)c1. The third kappa shape index (κ3) is 4.83. The summed E-state index contributed by atoms with van der Waals surface area (Å²) in [5.74, 6) is 1.33. The number of allylic oxidation sites excluding steroid dienone is 4. The van der Waals surface area contributed by atoms with Crippen LogP contribution in [0.3, 0.4) is 0 Å². The van der Waals surface area contributed by atoms with Gasteiger partial charge in [0.15, 0.2) is 0 Å². The zero-order chi connectivity index (χ0) is 12.7. The molecule has 0 saturated carbocycles. The maximum Gasteiger partial charge on any atom is 0.129 e. The molecule has 1 rings (SSSR count). The largest absolute Gasteiger partial charge is 0.458 e. The average molecular weight is 247 g/mol. The van der Waals surface area contributed by atoms with Crippen molar-refractivity contribution in [3.05, 3.63) is 60.4 Å². The van der Waals surface area contributed by atoms with Gasteiger partial charge in [0.25, 0.3) is 0 Å². The van der Waals surface area contributed by atoms with E-state index >= 15 is 0 Å². The molecule has 0 bridgehead atoms. The second-order valence-corrected chi connectivity index (χ2v) is 3.80. The van der Waals surface area contributed by atoms with Gasteiger partial charge < -0.3 is 9.46 Å². The highest BCUT2D eigenvalue weighted by Crippen LogP contribution is 2.19. The highest BCUT2D eigenvalue weighted by atomic mass is 32.1. The number of hydrogen-bond donors (Lipinski definition) is 2. The number of thiol groups is 1. The predicted octanol–water partition coefficient (Wildman–Crippen LogP) is 4.36. The van der Waals surface area contributed by atoms with Gasteiger partial charge in [-0.15, -0.1) is 0 Å². The van der Waals surface area contributed by atoms with Gasteiger partial charge in [-0.05, 0) is 32.1 Å². The summed E-state index contributed by atoms with van der Waals surface area (Å²) in [4.78, 5) is 0. The van der Waals surface area contributed by atoms with Gasteiger partial charge in [0.2, 0.25) is 0 Å². The van der Waals surface area contributed by atoms with E-state index in [9.17, 15) is 0 Å². The van der Waals surface area contributed by atoms with Crippen molar-refractivity contribution >= 4 is 18.5 Å². The van der Waals surface area contributed by atoms with Gasteiger partial charge >= 0.3 is 0 Å². The van der Waals surface area contributed by atoms with Gasteiger partial charge in [-0.2, -0.15) is 0 Å². The third-order valence-electron chi connectivity index (χ3n) is 2.20. The molecule has 0 aliphatic heterocycles. The summed E-state index contributed by atoms with van der Waals surface area (Å²) in [6.45, 7) is 7.85. The van der Waals surface area contributed by atoms with Crippen molar-refractivity contribution in [3.63, 3.8) is 0 Å². The lowest BCUT2D eigenvalue weighted by Crippen LogP contribution is -1.91. The molecule has 0 atom stereocenters. The molecule has 0 fully saturated rings. The van der Waals surface area contributed by atoms with Crippen LogP contribution in [0.1, 0.15) is 13.8 Å². The van der Waals surface area contributed by atoms with Crippen LogP contribution < -0.4 is 9.46 Å². The number of anilines is 1. The number of nitrogens with one attached hydrogen (secondary N) is 1. The van der Waals surface area contributed by atoms with Gasteiger partial charge in [0, 0.05) is 11.8 Å². The molecule has 0 spiro atoms. The van der Waals surface area contributed by atoms with Crippen molar-refractivity contribution in [1.82, 2.24) is 0 Å². The Balaban J connectivity index is 2.65. The Kier molecular flexibility index (Phi) is 5.43. The molecule has 0 aromatic heterocycles. The van der Waals surface area contributed by atoms with Gasteiger partial charge in [-0.25, -0.2) is 0 Å². The van der Waals surface area contributed by atoms with Crippen molar-refractivity contribution < 1.29 is 4.74 Å². The summed E-state index contributed by atoms with van der Waals surface area (Å²) in [6.07, 6.45) is 5.83. The maximum absolute atomic E-state index is 5.57. The molecule has 90 valence electrons. The van der Waals surface area contributed by atoms with Crippen LogP contribution in [0.5, 0.6) is 5.75 Å².